The molecule has 1 rings (SSSR count). The second-order valence-electron chi connectivity index (χ2n) is 2.95. The number of carbonyl (C=O) groups excluding carboxylic acids is 1. The van der Waals surface area contributed by atoms with Crippen LogP contribution in [0.5, 0.6) is 0 Å². The van der Waals surface area contributed by atoms with E-state index >= 15 is 0 Å². The number of rotatable bonds is 3. The van der Waals surface area contributed by atoms with Crippen molar-refractivity contribution in [3.8, 4) is 12.1 Å². The normalized spacial score (nSPS) is 9.00. The van der Waals surface area contributed by atoms with Crippen LogP contribution < -0.4 is 0 Å². The first-order chi connectivity index (χ1) is 7.21. The van der Waals surface area contributed by atoms with Gasteiger partial charge in [-0.25, -0.2) is 0 Å². The zero-order chi connectivity index (χ0) is 11.3. The van der Waals surface area contributed by atoms with Crippen LogP contribution in [0.4, 0.5) is 0 Å². The molecule has 0 N–H and O–H groups in total. The van der Waals surface area contributed by atoms with Crippen molar-refractivity contribution < 1.29 is 4.79 Å². The Bertz CT molecular complexity index is 468. The van der Waals surface area contributed by atoms with Gasteiger partial charge in [0.25, 0.3) is 0 Å². The fraction of sp³-hybridized carbons (Fsp3) is 0.182. The van der Waals surface area contributed by atoms with E-state index in [-0.39, 0.29) is 12.2 Å². The van der Waals surface area contributed by atoms with Crippen LogP contribution in [-0.2, 0) is 11.2 Å². The highest BCUT2D eigenvalue weighted by atomic mass is 79.9. The molecule has 0 aliphatic carbocycles. The van der Waals surface area contributed by atoms with E-state index in [2.05, 4.69) is 15.9 Å². The molecule has 0 radical (unpaired) electrons. The third-order valence-corrected chi connectivity index (χ3v) is 2.50. The second kappa shape index (κ2) is 5.29. The molecule has 0 heterocycles. The van der Waals surface area contributed by atoms with E-state index in [0.29, 0.717) is 16.5 Å². The molecule has 0 bridgehead atoms. The van der Waals surface area contributed by atoms with Crippen molar-refractivity contribution in [1.29, 1.82) is 10.5 Å². The molecular weight excluding hydrogens is 256 g/mol. The Labute approximate surface area is 96.1 Å². The number of nitrogens with zero attached hydrogens (tertiary/aromatic N) is 2. The van der Waals surface area contributed by atoms with E-state index < -0.39 is 0 Å². The molecule has 1 aromatic carbocycles. The zero-order valence-electron chi connectivity index (χ0n) is 7.83. The van der Waals surface area contributed by atoms with Gasteiger partial charge in [-0.1, -0.05) is 22.0 Å². The smallest absolute Gasteiger partial charge is 0.147 e. The Hall–Kier alpha value is -1.65. The molecule has 0 atom stereocenters. The van der Waals surface area contributed by atoms with Crippen LogP contribution in [0, 0.1) is 22.7 Å². The highest BCUT2D eigenvalue weighted by Crippen LogP contribution is 2.11. The van der Waals surface area contributed by atoms with E-state index in [4.69, 9.17) is 10.5 Å². The van der Waals surface area contributed by atoms with E-state index in [9.17, 15) is 4.79 Å². The lowest BCUT2D eigenvalue weighted by Crippen LogP contribution is -2.03. The van der Waals surface area contributed by atoms with Crippen molar-refractivity contribution in [1.82, 2.24) is 0 Å². The molecule has 0 aromatic heterocycles. The molecule has 0 aliphatic heterocycles. The Balaban J connectivity index is 3.01. The monoisotopic (exact) mass is 262 g/mol. The standard InChI is InChI=1S/C11H7BrN2O/c12-5-11(15)4-8-1-2-9(6-13)10(3-8)7-14/h1-3H,4-5H2. The summed E-state index contributed by atoms with van der Waals surface area (Å²) in [5.41, 5.74) is 1.42. The maximum atomic E-state index is 11.1. The number of hydrogen-bond donors (Lipinski definition) is 0. The minimum Gasteiger partial charge on any atom is -0.298 e. The highest BCUT2D eigenvalue weighted by Gasteiger charge is 2.06. The summed E-state index contributed by atoms with van der Waals surface area (Å²) in [6.45, 7) is 0. The number of alkyl halides is 1. The predicted octanol–water partition coefficient (Wildman–Crippen LogP) is 1.94. The number of Topliss-reactive ketones (excluding diaryl/α,β-unsaturated/α-hetero) is 1. The maximum Gasteiger partial charge on any atom is 0.147 e. The number of ketones is 1. The first kappa shape index (κ1) is 11.4. The average molecular weight is 263 g/mol. The van der Waals surface area contributed by atoms with Gasteiger partial charge in [-0.05, 0) is 17.7 Å². The summed E-state index contributed by atoms with van der Waals surface area (Å²) < 4.78 is 0. The summed E-state index contributed by atoms with van der Waals surface area (Å²) in [6, 6.07) is 8.70. The number of halogens is 1. The minimum absolute atomic E-state index is 0.0450. The largest absolute Gasteiger partial charge is 0.298 e. The lowest BCUT2D eigenvalue weighted by Gasteiger charge is -2.00. The van der Waals surface area contributed by atoms with Crippen LogP contribution >= 0.6 is 15.9 Å². The van der Waals surface area contributed by atoms with Crippen molar-refractivity contribution >= 4 is 21.7 Å². The van der Waals surface area contributed by atoms with Gasteiger partial charge in [0, 0.05) is 6.42 Å². The minimum atomic E-state index is 0.0450. The zero-order valence-corrected chi connectivity index (χ0v) is 9.41. The molecule has 0 aliphatic rings. The van der Waals surface area contributed by atoms with Crippen molar-refractivity contribution in [2.45, 2.75) is 6.42 Å². The SMILES string of the molecule is N#Cc1ccc(CC(=O)CBr)cc1C#N. The molecule has 0 amide bonds. The number of carbonyl (C=O) groups is 1. The lowest BCUT2D eigenvalue weighted by atomic mass is 10.0. The van der Waals surface area contributed by atoms with Crippen molar-refractivity contribution in [2.24, 2.45) is 0 Å². The Morgan fingerprint density at radius 2 is 1.93 bits per heavy atom. The van der Waals surface area contributed by atoms with Crippen LogP contribution in [0.2, 0.25) is 0 Å². The van der Waals surface area contributed by atoms with Gasteiger partial charge in [0.1, 0.15) is 17.9 Å². The number of hydrogen-bond acceptors (Lipinski definition) is 3. The molecule has 15 heavy (non-hydrogen) atoms. The third kappa shape index (κ3) is 2.90. The van der Waals surface area contributed by atoms with Gasteiger partial charge in [0.2, 0.25) is 0 Å². The Morgan fingerprint density at radius 1 is 1.27 bits per heavy atom. The van der Waals surface area contributed by atoms with Crippen LogP contribution in [0.15, 0.2) is 18.2 Å². The second-order valence-corrected chi connectivity index (χ2v) is 3.51. The first-order valence-corrected chi connectivity index (χ1v) is 5.34. The Kier molecular flexibility index (Phi) is 4.03. The van der Waals surface area contributed by atoms with Gasteiger partial charge in [0.15, 0.2) is 0 Å². The summed E-state index contributed by atoms with van der Waals surface area (Å²) in [4.78, 5) is 11.1. The van der Waals surface area contributed by atoms with E-state index in [1.165, 1.54) is 0 Å². The third-order valence-electron chi connectivity index (χ3n) is 1.88. The van der Waals surface area contributed by atoms with Gasteiger partial charge in [-0.15, -0.1) is 0 Å². The maximum absolute atomic E-state index is 11.1. The van der Waals surface area contributed by atoms with Gasteiger partial charge in [-0.3, -0.25) is 4.79 Å². The molecule has 0 saturated carbocycles. The van der Waals surface area contributed by atoms with Crippen LogP contribution in [0.3, 0.4) is 0 Å². The van der Waals surface area contributed by atoms with Crippen molar-refractivity contribution in [3.63, 3.8) is 0 Å². The molecule has 0 unspecified atom stereocenters. The first-order valence-electron chi connectivity index (χ1n) is 4.22. The summed E-state index contributed by atoms with van der Waals surface area (Å²) in [5.74, 6) is 0.0450. The molecule has 0 saturated heterocycles. The van der Waals surface area contributed by atoms with Crippen molar-refractivity contribution in [3.05, 3.63) is 34.9 Å². The molecule has 1 aromatic rings. The number of nitriles is 2. The predicted molar refractivity (Wildman–Crippen MR) is 58.4 cm³/mol. The van der Waals surface area contributed by atoms with Gasteiger partial charge in [-0.2, -0.15) is 10.5 Å². The van der Waals surface area contributed by atoms with Crippen LogP contribution in [0.1, 0.15) is 16.7 Å². The van der Waals surface area contributed by atoms with Crippen LogP contribution in [-0.4, -0.2) is 11.1 Å². The molecule has 0 spiro atoms. The topological polar surface area (TPSA) is 64.7 Å². The van der Waals surface area contributed by atoms with E-state index in [1.807, 2.05) is 12.1 Å². The highest BCUT2D eigenvalue weighted by molar-refractivity contribution is 9.09. The average Bonchev–Trinajstić information content (AvgIpc) is 2.28. The molecule has 0 fully saturated rings. The molecule has 3 nitrogen and oxygen atoms in total. The molecule has 74 valence electrons. The quantitative estimate of drug-likeness (QED) is 0.782. The van der Waals surface area contributed by atoms with Crippen LogP contribution in [0.25, 0.3) is 0 Å². The summed E-state index contributed by atoms with van der Waals surface area (Å²) in [5, 5.41) is 17.8. The van der Waals surface area contributed by atoms with Crippen molar-refractivity contribution in [2.75, 3.05) is 5.33 Å². The number of benzene rings is 1. The fourth-order valence-corrected chi connectivity index (χ4v) is 1.36. The van der Waals surface area contributed by atoms with Gasteiger partial charge in [0.05, 0.1) is 16.5 Å². The van der Waals surface area contributed by atoms with Gasteiger partial charge >= 0.3 is 0 Å². The summed E-state index contributed by atoms with van der Waals surface area (Å²) in [7, 11) is 0. The molecular formula is C11H7BrN2O. The molecule has 4 heteroatoms. The fourth-order valence-electron chi connectivity index (χ4n) is 1.17. The van der Waals surface area contributed by atoms with E-state index in [1.54, 1.807) is 18.2 Å². The van der Waals surface area contributed by atoms with Gasteiger partial charge < -0.3 is 0 Å². The summed E-state index contributed by atoms with van der Waals surface area (Å²) >= 11 is 3.07. The van der Waals surface area contributed by atoms with E-state index in [0.717, 1.165) is 5.56 Å². The summed E-state index contributed by atoms with van der Waals surface area (Å²) in [6.07, 6.45) is 0.283. The lowest BCUT2D eigenvalue weighted by molar-refractivity contribution is -0.115. The Morgan fingerprint density at radius 3 is 2.47 bits per heavy atom.